The van der Waals surface area contributed by atoms with Crippen molar-refractivity contribution >= 4 is 23.5 Å². The van der Waals surface area contributed by atoms with E-state index in [1.54, 1.807) is 0 Å². The van der Waals surface area contributed by atoms with Crippen molar-refractivity contribution in [2.24, 2.45) is 0 Å². The van der Waals surface area contributed by atoms with Crippen LogP contribution in [0.4, 0.5) is 0 Å². The average molecular weight is 160 g/mol. The molecule has 0 aliphatic heterocycles. The first-order valence-corrected chi connectivity index (χ1v) is 4.46. The molecule has 0 atom stereocenters. The Morgan fingerprint density at radius 2 is 2.00 bits per heavy atom. The fourth-order valence-electron chi connectivity index (χ4n) is 1.00. The maximum atomic E-state index is 4.33. The number of nitrogens with zero attached hydrogens (tertiary/aromatic N) is 2. The molecule has 0 spiro atoms. The topological polar surface area (TPSA) is 17.8 Å². The molecule has 0 aromatic carbocycles. The standard InChI is InChI=1S/C7H15B3N2/c1-5(2)6-3-11-12(4-6)7(8,9)10/h3-5H,8-10H2,1-2H3. The van der Waals surface area contributed by atoms with Gasteiger partial charge in [0.15, 0.2) is 0 Å². The van der Waals surface area contributed by atoms with E-state index in [9.17, 15) is 0 Å². The van der Waals surface area contributed by atoms with Crippen molar-refractivity contribution in [3.05, 3.63) is 18.0 Å². The van der Waals surface area contributed by atoms with Gasteiger partial charge in [-0.05, 0) is 16.7 Å². The lowest BCUT2D eigenvalue weighted by Gasteiger charge is -2.18. The predicted molar refractivity (Wildman–Crippen MR) is 59.9 cm³/mol. The fourth-order valence-corrected chi connectivity index (χ4v) is 1.00. The van der Waals surface area contributed by atoms with Gasteiger partial charge in [0.2, 0.25) is 0 Å². The molecule has 0 saturated heterocycles. The normalized spacial score (nSPS) is 12.2. The summed E-state index contributed by atoms with van der Waals surface area (Å²) in [5.41, 5.74) is 1.31. The molecule has 0 radical (unpaired) electrons. The van der Waals surface area contributed by atoms with E-state index in [0.29, 0.717) is 5.92 Å². The second kappa shape index (κ2) is 3.04. The van der Waals surface area contributed by atoms with Crippen LogP contribution in [-0.2, 0) is 5.24 Å². The molecule has 0 unspecified atom stereocenters. The van der Waals surface area contributed by atoms with E-state index < -0.39 is 0 Å². The summed E-state index contributed by atoms with van der Waals surface area (Å²) < 4.78 is 2.02. The SMILES string of the molecule is BC(B)(B)n1cc(C(C)C)cn1. The second-order valence-electron chi connectivity index (χ2n) is 4.54. The Labute approximate surface area is 77.0 Å². The van der Waals surface area contributed by atoms with Gasteiger partial charge in [0.1, 0.15) is 23.5 Å². The zero-order chi connectivity index (χ0) is 9.35. The molecule has 0 N–H and O–H groups in total. The van der Waals surface area contributed by atoms with Crippen LogP contribution in [0.3, 0.4) is 0 Å². The Morgan fingerprint density at radius 1 is 1.42 bits per heavy atom. The molecule has 0 bridgehead atoms. The first-order valence-electron chi connectivity index (χ1n) is 4.46. The van der Waals surface area contributed by atoms with Crippen LogP contribution in [0.2, 0.25) is 0 Å². The highest BCUT2D eigenvalue weighted by Crippen LogP contribution is 2.14. The summed E-state index contributed by atoms with van der Waals surface area (Å²) in [5.74, 6) is 0.570. The highest BCUT2D eigenvalue weighted by Gasteiger charge is 2.14. The van der Waals surface area contributed by atoms with E-state index >= 15 is 0 Å². The Morgan fingerprint density at radius 3 is 2.25 bits per heavy atom. The lowest BCUT2D eigenvalue weighted by molar-refractivity contribution is 0.669. The third-order valence-corrected chi connectivity index (χ3v) is 1.96. The van der Waals surface area contributed by atoms with Crippen LogP contribution in [0.15, 0.2) is 12.4 Å². The molecule has 0 aliphatic carbocycles. The van der Waals surface area contributed by atoms with Crippen molar-refractivity contribution in [1.82, 2.24) is 9.78 Å². The average Bonchev–Trinajstić information content (AvgIpc) is 2.30. The van der Waals surface area contributed by atoms with Gasteiger partial charge >= 0.3 is 0 Å². The molecule has 12 heavy (non-hydrogen) atoms. The van der Waals surface area contributed by atoms with Crippen LogP contribution in [0, 0.1) is 0 Å². The Hall–Kier alpha value is -0.595. The van der Waals surface area contributed by atoms with Crippen LogP contribution in [0.5, 0.6) is 0 Å². The largest absolute Gasteiger partial charge is 0.290 e. The molecule has 5 heteroatoms. The van der Waals surface area contributed by atoms with Gasteiger partial charge in [0.05, 0.1) is 6.20 Å². The molecule has 2 nitrogen and oxygen atoms in total. The maximum Gasteiger partial charge on any atom is 0.116 e. The van der Waals surface area contributed by atoms with Gasteiger partial charge in [0, 0.05) is 6.20 Å². The van der Waals surface area contributed by atoms with Crippen molar-refractivity contribution in [3.8, 4) is 0 Å². The van der Waals surface area contributed by atoms with Gasteiger partial charge in [-0.3, -0.25) is 4.68 Å². The molecule has 1 aromatic rings. The third-order valence-electron chi connectivity index (χ3n) is 1.96. The Bertz CT molecular complexity index is 262. The minimum atomic E-state index is 0.104. The first-order chi connectivity index (χ1) is 5.41. The van der Waals surface area contributed by atoms with Gasteiger partial charge in [0.25, 0.3) is 0 Å². The minimum Gasteiger partial charge on any atom is -0.290 e. The molecule has 62 valence electrons. The van der Waals surface area contributed by atoms with Crippen molar-refractivity contribution in [2.45, 2.75) is 25.0 Å². The fraction of sp³-hybridized carbons (Fsp3) is 0.571. The molecular weight excluding hydrogens is 145 g/mol. The summed E-state index contributed by atoms with van der Waals surface area (Å²) in [6.45, 7) is 4.37. The molecule has 0 saturated carbocycles. The van der Waals surface area contributed by atoms with Gasteiger partial charge < -0.3 is 0 Å². The van der Waals surface area contributed by atoms with Gasteiger partial charge in [-0.25, -0.2) is 0 Å². The summed E-state index contributed by atoms with van der Waals surface area (Å²) in [6, 6.07) is 0. The molecule has 1 rings (SSSR count). The highest BCUT2D eigenvalue weighted by atomic mass is 15.3. The van der Waals surface area contributed by atoms with E-state index in [1.807, 2.05) is 10.9 Å². The summed E-state index contributed by atoms with van der Waals surface area (Å²) in [4.78, 5) is 0. The Balaban J connectivity index is 2.92. The van der Waals surface area contributed by atoms with Crippen LogP contribution in [-0.4, -0.2) is 33.3 Å². The van der Waals surface area contributed by atoms with Gasteiger partial charge in [-0.2, -0.15) is 5.10 Å². The number of rotatable bonds is 2. The highest BCUT2D eigenvalue weighted by molar-refractivity contribution is 6.56. The van der Waals surface area contributed by atoms with E-state index in [4.69, 9.17) is 0 Å². The van der Waals surface area contributed by atoms with Crippen molar-refractivity contribution in [2.75, 3.05) is 0 Å². The van der Waals surface area contributed by atoms with Crippen LogP contribution >= 0.6 is 0 Å². The third kappa shape index (κ3) is 1.96. The quantitative estimate of drug-likeness (QED) is 0.479. The summed E-state index contributed by atoms with van der Waals surface area (Å²) in [6.07, 6.45) is 4.08. The summed E-state index contributed by atoms with van der Waals surface area (Å²) in [5, 5.41) is 4.43. The molecule has 0 fully saturated rings. The minimum absolute atomic E-state index is 0.104. The monoisotopic (exact) mass is 160 g/mol. The van der Waals surface area contributed by atoms with Crippen LogP contribution in [0.25, 0.3) is 0 Å². The van der Waals surface area contributed by atoms with Crippen LogP contribution < -0.4 is 0 Å². The molecule has 1 aromatic heterocycles. The number of aromatic nitrogens is 2. The summed E-state index contributed by atoms with van der Waals surface area (Å²) in [7, 11) is 6.47. The van der Waals surface area contributed by atoms with Gasteiger partial charge in [-0.15, -0.1) is 0 Å². The van der Waals surface area contributed by atoms with E-state index in [1.165, 1.54) is 5.56 Å². The smallest absolute Gasteiger partial charge is 0.116 e. The van der Waals surface area contributed by atoms with Crippen molar-refractivity contribution < 1.29 is 0 Å². The lowest BCUT2D eigenvalue weighted by Crippen LogP contribution is -2.35. The second-order valence-corrected chi connectivity index (χ2v) is 4.54. The molecular formula is C7H15B3N2. The summed E-state index contributed by atoms with van der Waals surface area (Å²) >= 11 is 0. The van der Waals surface area contributed by atoms with Crippen LogP contribution in [0.1, 0.15) is 25.3 Å². The lowest BCUT2D eigenvalue weighted by atomic mass is 9.49. The molecule has 1 heterocycles. The number of hydrogen-bond acceptors (Lipinski definition) is 1. The van der Waals surface area contributed by atoms with E-state index in [0.717, 1.165) is 0 Å². The maximum absolute atomic E-state index is 4.33. The van der Waals surface area contributed by atoms with Gasteiger partial charge in [-0.1, -0.05) is 13.8 Å². The van der Waals surface area contributed by atoms with E-state index in [2.05, 4.69) is 48.7 Å². The molecule has 0 amide bonds. The van der Waals surface area contributed by atoms with E-state index in [-0.39, 0.29) is 5.24 Å². The molecule has 0 aliphatic rings. The predicted octanol–water partition coefficient (Wildman–Crippen LogP) is -1.53. The van der Waals surface area contributed by atoms with Crippen molar-refractivity contribution in [1.29, 1.82) is 0 Å². The first kappa shape index (κ1) is 9.49. The number of hydrogen-bond donors (Lipinski definition) is 0. The zero-order valence-corrected chi connectivity index (χ0v) is 8.63. The Kier molecular flexibility index (Phi) is 2.40. The van der Waals surface area contributed by atoms with Crippen molar-refractivity contribution in [3.63, 3.8) is 0 Å². The zero-order valence-electron chi connectivity index (χ0n) is 8.63.